The molecule has 1 fully saturated rings. The largest absolute Gasteiger partial charge is 0.479 e. The fraction of sp³-hybridized carbons (Fsp3) is 0.469. The number of carbonyl (C=O) groups is 1. The molecule has 0 aliphatic carbocycles. The van der Waals surface area contributed by atoms with Crippen LogP contribution in [0.3, 0.4) is 0 Å². The number of carboxylic acids is 1. The molecule has 1 N–H and O–H groups in total. The van der Waals surface area contributed by atoms with Gasteiger partial charge in [0.2, 0.25) is 5.88 Å². The molecule has 0 amide bonds. The molecule has 9 heteroatoms. The van der Waals surface area contributed by atoms with E-state index in [2.05, 4.69) is 28.7 Å². The van der Waals surface area contributed by atoms with Gasteiger partial charge < -0.3 is 19.5 Å². The van der Waals surface area contributed by atoms with Crippen LogP contribution in [0, 0.1) is 24.0 Å². The molecule has 1 aliphatic rings. The number of piperidine rings is 1. The van der Waals surface area contributed by atoms with Crippen LogP contribution >= 0.6 is 0 Å². The molecule has 3 heterocycles. The Morgan fingerprint density at radius 2 is 1.78 bits per heavy atom. The van der Waals surface area contributed by atoms with E-state index in [4.69, 9.17) is 9.47 Å². The average molecular weight is 568 g/mol. The second-order valence-corrected chi connectivity index (χ2v) is 12.3. The molecule has 1 aliphatic heterocycles. The lowest BCUT2D eigenvalue weighted by atomic mass is 9.82. The summed E-state index contributed by atoms with van der Waals surface area (Å²) in [5, 5.41) is 10.3. The molecule has 220 valence electrons. The number of anilines is 1. The van der Waals surface area contributed by atoms with Gasteiger partial charge in [-0.1, -0.05) is 32.0 Å². The number of ether oxygens (including phenoxy) is 2. The summed E-state index contributed by atoms with van der Waals surface area (Å²) in [7, 11) is 0. The zero-order chi connectivity index (χ0) is 29.9. The Morgan fingerprint density at radius 1 is 1.10 bits per heavy atom. The fourth-order valence-corrected chi connectivity index (χ4v) is 5.03. The third-order valence-corrected chi connectivity index (χ3v) is 7.36. The summed E-state index contributed by atoms with van der Waals surface area (Å²) in [6, 6.07) is 7.69. The first kappa shape index (κ1) is 30.4. The molecule has 1 atom stereocenters. The standard InChI is InChI=1S/C32H39F2N3O4/c1-20-26(28(30(38)39)41-31(2,3)4)27(37-14-12-32(5,6)13-15-37)23(19-35-20)22-17-25(34)29(36-18-22)40-16-11-21-9-7-8-10-24(21)33/h7-10,17-19,28H,11-16H2,1-6H3,(H,38,39). The van der Waals surface area contributed by atoms with E-state index >= 15 is 4.39 Å². The highest BCUT2D eigenvalue weighted by atomic mass is 19.1. The highest BCUT2D eigenvalue weighted by Gasteiger charge is 2.36. The second kappa shape index (κ2) is 12.1. The van der Waals surface area contributed by atoms with Gasteiger partial charge in [0.25, 0.3) is 0 Å². The number of aromatic nitrogens is 2. The van der Waals surface area contributed by atoms with Gasteiger partial charge in [0.05, 0.1) is 17.9 Å². The van der Waals surface area contributed by atoms with E-state index in [1.807, 2.05) is 20.8 Å². The molecule has 0 radical (unpaired) electrons. The van der Waals surface area contributed by atoms with E-state index in [1.54, 1.807) is 31.3 Å². The van der Waals surface area contributed by atoms with Gasteiger partial charge in [0.15, 0.2) is 11.9 Å². The van der Waals surface area contributed by atoms with E-state index < -0.39 is 23.5 Å². The second-order valence-electron chi connectivity index (χ2n) is 12.3. The van der Waals surface area contributed by atoms with Crippen molar-refractivity contribution >= 4 is 11.7 Å². The maximum absolute atomic E-state index is 15.3. The van der Waals surface area contributed by atoms with Crippen molar-refractivity contribution in [1.29, 1.82) is 0 Å². The molecule has 7 nitrogen and oxygen atoms in total. The molecule has 0 bridgehead atoms. The minimum Gasteiger partial charge on any atom is -0.479 e. The van der Waals surface area contributed by atoms with Crippen molar-refractivity contribution < 1.29 is 28.2 Å². The molecule has 1 aromatic carbocycles. The van der Waals surface area contributed by atoms with Crippen LogP contribution in [0.25, 0.3) is 11.1 Å². The van der Waals surface area contributed by atoms with Crippen molar-refractivity contribution in [3.05, 3.63) is 71.2 Å². The van der Waals surface area contributed by atoms with Crippen LogP contribution in [-0.4, -0.2) is 46.3 Å². The number of halogens is 2. The SMILES string of the molecule is Cc1ncc(-c2cnc(OCCc3ccccc3F)c(F)c2)c(N2CCC(C)(C)CC2)c1C(OC(C)(C)C)C(=O)O. The third kappa shape index (κ3) is 7.38. The molecular weight excluding hydrogens is 528 g/mol. The Hall–Kier alpha value is -3.59. The molecule has 1 saturated heterocycles. The fourth-order valence-electron chi connectivity index (χ4n) is 5.03. The van der Waals surface area contributed by atoms with E-state index in [0.29, 0.717) is 46.7 Å². The Kier molecular flexibility index (Phi) is 8.97. The highest BCUT2D eigenvalue weighted by molar-refractivity contribution is 5.86. The summed E-state index contributed by atoms with van der Waals surface area (Å²) >= 11 is 0. The summed E-state index contributed by atoms with van der Waals surface area (Å²) in [5.74, 6) is -2.33. The van der Waals surface area contributed by atoms with Crippen LogP contribution in [0.4, 0.5) is 14.5 Å². The van der Waals surface area contributed by atoms with Crippen molar-refractivity contribution in [1.82, 2.24) is 9.97 Å². The number of aryl methyl sites for hydroxylation is 1. The van der Waals surface area contributed by atoms with Crippen LogP contribution in [0.1, 0.15) is 70.4 Å². The van der Waals surface area contributed by atoms with E-state index in [1.165, 1.54) is 18.3 Å². The maximum atomic E-state index is 15.3. The van der Waals surface area contributed by atoms with E-state index in [-0.39, 0.29) is 30.1 Å². The zero-order valence-electron chi connectivity index (χ0n) is 24.6. The van der Waals surface area contributed by atoms with Crippen molar-refractivity contribution in [3.63, 3.8) is 0 Å². The van der Waals surface area contributed by atoms with Crippen LogP contribution < -0.4 is 9.64 Å². The van der Waals surface area contributed by atoms with E-state index in [0.717, 1.165) is 12.8 Å². The summed E-state index contributed by atoms with van der Waals surface area (Å²) in [6.07, 6.45) is 3.94. The lowest BCUT2D eigenvalue weighted by molar-refractivity contribution is -0.160. The first-order valence-corrected chi connectivity index (χ1v) is 13.9. The van der Waals surface area contributed by atoms with Gasteiger partial charge in [0.1, 0.15) is 5.82 Å². The van der Waals surface area contributed by atoms with Gasteiger partial charge in [0, 0.05) is 54.3 Å². The topological polar surface area (TPSA) is 84.8 Å². The number of benzene rings is 1. The normalized spacial score (nSPS) is 16.0. The number of hydrogen-bond acceptors (Lipinski definition) is 6. The van der Waals surface area contributed by atoms with Crippen LogP contribution in [0.15, 0.2) is 42.7 Å². The monoisotopic (exact) mass is 567 g/mol. The highest BCUT2D eigenvalue weighted by Crippen LogP contribution is 2.43. The number of pyridine rings is 2. The number of hydrogen-bond donors (Lipinski definition) is 1. The Morgan fingerprint density at radius 3 is 2.39 bits per heavy atom. The first-order valence-electron chi connectivity index (χ1n) is 13.9. The zero-order valence-corrected chi connectivity index (χ0v) is 24.6. The predicted molar refractivity (Wildman–Crippen MR) is 154 cm³/mol. The number of rotatable bonds is 9. The van der Waals surface area contributed by atoms with Crippen LogP contribution in [0.2, 0.25) is 0 Å². The molecule has 41 heavy (non-hydrogen) atoms. The minimum absolute atomic E-state index is 0.0552. The summed E-state index contributed by atoms with van der Waals surface area (Å²) in [6.45, 7) is 13.1. The first-order chi connectivity index (χ1) is 19.3. The average Bonchev–Trinajstić information content (AvgIpc) is 2.89. The lowest BCUT2D eigenvalue weighted by Crippen LogP contribution is -2.39. The van der Waals surface area contributed by atoms with Gasteiger partial charge >= 0.3 is 5.97 Å². The molecule has 0 saturated carbocycles. The molecule has 3 aromatic rings. The summed E-state index contributed by atoms with van der Waals surface area (Å²) in [5.41, 5.74) is 2.56. The van der Waals surface area contributed by atoms with Crippen molar-refractivity contribution in [3.8, 4) is 17.0 Å². The Balaban J connectivity index is 1.72. The van der Waals surface area contributed by atoms with Gasteiger partial charge in [-0.15, -0.1) is 0 Å². The predicted octanol–water partition coefficient (Wildman–Crippen LogP) is 6.92. The number of nitrogens with zero attached hydrogens (tertiary/aromatic N) is 3. The summed E-state index contributed by atoms with van der Waals surface area (Å²) < 4.78 is 40.8. The minimum atomic E-state index is -1.27. The van der Waals surface area contributed by atoms with Gasteiger partial charge in [-0.3, -0.25) is 4.98 Å². The third-order valence-electron chi connectivity index (χ3n) is 7.36. The van der Waals surface area contributed by atoms with Crippen LogP contribution in [-0.2, 0) is 16.0 Å². The van der Waals surface area contributed by atoms with E-state index in [9.17, 15) is 14.3 Å². The molecular formula is C32H39F2N3O4. The molecule has 0 spiro atoms. The van der Waals surface area contributed by atoms with Gasteiger partial charge in [-0.05, 0) is 63.6 Å². The summed E-state index contributed by atoms with van der Waals surface area (Å²) in [4.78, 5) is 23.5. The Labute approximate surface area is 240 Å². The smallest absolute Gasteiger partial charge is 0.337 e. The molecule has 4 rings (SSSR count). The van der Waals surface area contributed by atoms with Crippen molar-refractivity contribution in [2.75, 3.05) is 24.6 Å². The van der Waals surface area contributed by atoms with Crippen LogP contribution in [0.5, 0.6) is 5.88 Å². The van der Waals surface area contributed by atoms with Gasteiger partial charge in [-0.25, -0.2) is 18.6 Å². The molecule has 2 aromatic heterocycles. The van der Waals surface area contributed by atoms with Crippen molar-refractivity contribution in [2.45, 2.75) is 72.5 Å². The molecule has 1 unspecified atom stereocenters. The van der Waals surface area contributed by atoms with Crippen molar-refractivity contribution in [2.24, 2.45) is 5.41 Å². The lowest BCUT2D eigenvalue weighted by Gasteiger charge is -2.40. The number of aliphatic carboxylic acids is 1. The van der Waals surface area contributed by atoms with Gasteiger partial charge in [-0.2, -0.15) is 0 Å². The quantitative estimate of drug-likeness (QED) is 0.300. The maximum Gasteiger partial charge on any atom is 0.337 e. The number of carboxylic acid groups (broad SMARTS) is 1. The Bertz CT molecular complexity index is 1390.